The average molecular weight is 253 g/mol. The molecule has 1 heterocycles. The summed E-state index contributed by atoms with van der Waals surface area (Å²) in [6.45, 7) is 1.58. The molecule has 2 rings (SSSR count). The molecule has 1 aromatic carbocycles. The third-order valence-electron chi connectivity index (χ3n) is 2.17. The number of benzene rings is 1. The molecule has 0 saturated heterocycles. The van der Waals surface area contributed by atoms with Crippen molar-refractivity contribution in [1.29, 1.82) is 0 Å². The summed E-state index contributed by atoms with van der Waals surface area (Å²) in [5, 5.41) is 5.88. The normalized spacial score (nSPS) is 10.4. The summed E-state index contributed by atoms with van der Waals surface area (Å²) in [5.74, 6) is -2.38. The second-order valence-corrected chi connectivity index (χ2v) is 3.52. The number of halogens is 2. The summed E-state index contributed by atoms with van der Waals surface area (Å²) >= 11 is 0. The molecule has 0 aliphatic carbocycles. The largest absolute Gasteiger partial charge is 0.343 e. The highest BCUT2D eigenvalue weighted by Gasteiger charge is 2.15. The molecule has 0 radical (unpaired) electrons. The van der Waals surface area contributed by atoms with E-state index in [2.05, 4.69) is 15.5 Å². The van der Waals surface area contributed by atoms with Crippen LogP contribution in [0.4, 0.5) is 8.78 Å². The van der Waals surface area contributed by atoms with Gasteiger partial charge in [-0.25, -0.2) is 8.78 Å². The lowest BCUT2D eigenvalue weighted by Gasteiger charge is -2.03. The molecular formula is C11H9F2N3O2. The van der Waals surface area contributed by atoms with Crippen LogP contribution in [0, 0.1) is 18.6 Å². The van der Waals surface area contributed by atoms with E-state index < -0.39 is 17.5 Å². The maximum absolute atomic E-state index is 13.3. The highest BCUT2D eigenvalue weighted by molar-refractivity contribution is 5.94. The van der Waals surface area contributed by atoms with Gasteiger partial charge in [0.2, 0.25) is 5.89 Å². The lowest BCUT2D eigenvalue weighted by molar-refractivity contribution is 0.0941. The fraction of sp³-hybridized carbons (Fsp3) is 0.182. The molecule has 0 aliphatic rings. The monoisotopic (exact) mass is 253 g/mol. The van der Waals surface area contributed by atoms with Crippen molar-refractivity contribution in [3.05, 3.63) is 47.1 Å². The van der Waals surface area contributed by atoms with Crippen molar-refractivity contribution in [2.75, 3.05) is 0 Å². The van der Waals surface area contributed by atoms with E-state index in [1.807, 2.05) is 0 Å². The van der Waals surface area contributed by atoms with Gasteiger partial charge < -0.3 is 9.84 Å². The van der Waals surface area contributed by atoms with Crippen molar-refractivity contribution in [3.63, 3.8) is 0 Å². The fourth-order valence-corrected chi connectivity index (χ4v) is 1.34. The van der Waals surface area contributed by atoms with Gasteiger partial charge in [-0.1, -0.05) is 11.2 Å². The third kappa shape index (κ3) is 2.50. The van der Waals surface area contributed by atoms with Crippen molar-refractivity contribution in [2.24, 2.45) is 0 Å². The summed E-state index contributed by atoms with van der Waals surface area (Å²) in [4.78, 5) is 15.4. The lowest BCUT2D eigenvalue weighted by Crippen LogP contribution is -2.24. The molecule has 5 nitrogen and oxygen atoms in total. The van der Waals surface area contributed by atoms with Crippen molar-refractivity contribution in [1.82, 2.24) is 15.5 Å². The van der Waals surface area contributed by atoms with Crippen LogP contribution in [0.25, 0.3) is 0 Å². The van der Waals surface area contributed by atoms with Crippen LogP contribution in [0.3, 0.4) is 0 Å². The molecule has 0 fully saturated rings. The summed E-state index contributed by atoms with van der Waals surface area (Å²) in [6.07, 6.45) is 0. The number of nitrogens with zero attached hydrogens (tertiary/aromatic N) is 2. The van der Waals surface area contributed by atoms with Gasteiger partial charge in [-0.3, -0.25) is 4.79 Å². The van der Waals surface area contributed by atoms with Crippen LogP contribution in [0.15, 0.2) is 22.7 Å². The smallest absolute Gasteiger partial charge is 0.254 e. The van der Waals surface area contributed by atoms with Crippen LogP contribution in [-0.2, 0) is 6.54 Å². The zero-order chi connectivity index (χ0) is 13.1. The molecular weight excluding hydrogens is 244 g/mol. The molecule has 1 N–H and O–H groups in total. The highest BCUT2D eigenvalue weighted by atomic mass is 19.2. The quantitative estimate of drug-likeness (QED) is 0.901. The van der Waals surface area contributed by atoms with Crippen LogP contribution in [0.2, 0.25) is 0 Å². The Labute approximate surface area is 101 Å². The van der Waals surface area contributed by atoms with Gasteiger partial charge in [0.05, 0.1) is 12.1 Å². The Hall–Kier alpha value is -2.31. The molecule has 0 atom stereocenters. The number of carbonyl (C=O) groups excluding carboxylic acids is 1. The SMILES string of the molecule is Cc1noc(CNC(=O)c2cccc(F)c2F)n1. The van der Waals surface area contributed by atoms with Crippen molar-refractivity contribution in [2.45, 2.75) is 13.5 Å². The Bertz CT molecular complexity index is 583. The Morgan fingerprint density at radius 2 is 2.22 bits per heavy atom. The van der Waals surface area contributed by atoms with Gasteiger partial charge in [-0.2, -0.15) is 4.98 Å². The van der Waals surface area contributed by atoms with E-state index in [4.69, 9.17) is 4.52 Å². The van der Waals surface area contributed by atoms with E-state index >= 15 is 0 Å². The van der Waals surface area contributed by atoms with E-state index in [1.54, 1.807) is 6.92 Å². The minimum absolute atomic E-state index is 0.0460. The summed E-state index contributed by atoms with van der Waals surface area (Å²) in [5.41, 5.74) is -0.369. The van der Waals surface area contributed by atoms with E-state index in [9.17, 15) is 13.6 Å². The van der Waals surface area contributed by atoms with Crippen LogP contribution in [-0.4, -0.2) is 16.0 Å². The molecule has 0 unspecified atom stereocenters. The van der Waals surface area contributed by atoms with Crippen LogP contribution in [0.5, 0.6) is 0 Å². The van der Waals surface area contributed by atoms with Gasteiger partial charge in [-0.15, -0.1) is 0 Å². The number of aryl methyl sites for hydroxylation is 1. The van der Waals surface area contributed by atoms with E-state index in [0.717, 1.165) is 6.07 Å². The Morgan fingerprint density at radius 3 is 2.89 bits per heavy atom. The Balaban J connectivity index is 2.06. The summed E-state index contributed by atoms with van der Waals surface area (Å²) in [6, 6.07) is 3.38. The van der Waals surface area contributed by atoms with Crippen LogP contribution in [0.1, 0.15) is 22.1 Å². The molecule has 0 bridgehead atoms. The number of carbonyl (C=O) groups is 1. The second-order valence-electron chi connectivity index (χ2n) is 3.52. The molecule has 94 valence electrons. The first kappa shape index (κ1) is 12.2. The topological polar surface area (TPSA) is 68.0 Å². The minimum Gasteiger partial charge on any atom is -0.343 e. The summed E-state index contributed by atoms with van der Waals surface area (Å²) < 4.78 is 31.0. The molecule has 0 saturated carbocycles. The average Bonchev–Trinajstić information content (AvgIpc) is 2.76. The molecule has 18 heavy (non-hydrogen) atoms. The summed E-state index contributed by atoms with van der Waals surface area (Å²) in [7, 11) is 0. The van der Waals surface area contributed by atoms with E-state index in [1.165, 1.54) is 12.1 Å². The predicted molar refractivity (Wildman–Crippen MR) is 56.6 cm³/mol. The Kier molecular flexibility index (Phi) is 3.31. The van der Waals surface area contributed by atoms with Crippen LogP contribution >= 0.6 is 0 Å². The number of amides is 1. The third-order valence-corrected chi connectivity index (χ3v) is 2.17. The van der Waals surface area contributed by atoms with Crippen molar-refractivity contribution < 1.29 is 18.1 Å². The van der Waals surface area contributed by atoms with Crippen LogP contribution < -0.4 is 5.32 Å². The van der Waals surface area contributed by atoms with E-state index in [0.29, 0.717) is 5.82 Å². The van der Waals surface area contributed by atoms with Gasteiger partial charge >= 0.3 is 0 Å². The minimum atomic E-state index is -1.18. The van der Waals surface area contributed by atoms with Gasteiger partial charge in [-0.05, 0) is 19.1 Å². The maximum Gasteiger partial charge on any atom is 0.254 e. The molecule has 7 heteroatoms. The van der Waals surface area contributed by atoms with Gasteiger partial charge in [0.25, 0.3) is 5.91 Å². The first-order chi connectivity index (χ1) is 8.58. The number of aromatic nitrogens is 2. The zero-order valence-electron chi connectivity index (χ0n) is 9.41. The number of rotatable bonds is 3. The molecule has 0 spiro atoms. The first-order valence-corrected chi connectivity index (χ1v) is 5.09. The fourth-order valence-electron chi connectivity index (χ4n) is 1.34. The van der Waals surface area contributed by atoms with Gasteiger partial charge in [0.1, 0.15) is 0 Å². The highest BCUT2D eigenvalue weighted by Crippen LogP contribution is 2.11. The predicted octanol–water partition coefficient (Wildman–Crippen LogP) is 1.59. The van der Waals surface area contributed by atoms with E-state index in [-0.39, 0.29) is 18.0 Å². The Morgan fingerprint density at radius 1 is 1.44 bits per heavy atom. The molecule has 0 aliphatic heterocycles. The zero-order valence-corrected chi connectivity index (χ0v) is 9.41. The van der Waals surface area contributed by atoms with Gasteiger partial charge in [0.15, 0.2) is 17.5 Å². The number of hydrogen-bond donors (Lipinski definition) is 1. The van der Waals surface area contributed by atoms with Crippen molar-refractivity contribution in [3.8, 4) is 0 Å². The second kappa shape index (κ2) is 4.91. The molecule has 1 amide bonds. The number of nitrogens with one attached hydrogen (secondary N) is 1. The standard InChI is InChI=1S/C11H9F2N3O2/c1-6-15-9(18-16-6)5-14-11(17)7-3-2-4-8(12)10(7)13/h2-4H,5H2,1H3,(H,14,17). The maximum atomic E-state index is 13.3. The molecule has 2 aromatic rings. The molecule has 1 aromatic heterocycles. The number of hydrogen-bond acceptors (Lipinski definition) is 4. The van der Waals surface area contributed by atoms with Gasteiger partial charge in [0, 0.05) is 0 Å². The lowest BCUT2D eigenvalue weighted by atomic mass is 10.2. The first-order valence-electron chi connectivity index (χ1n) is 5.09. The van der Waals surface area contributed by atoms with Crippen molar-refractivity contribution >= 4 is 5.91 Å².